The quantitative estimate of drug-likeness (QED) is 0.0103. The van der Waals surface area contributed by atoms with E-state index in [0.29, 0.717) is 136 Å². The van der Waals surface area contributed by atoms with E-state index in [-0.39, 0.29) is 108 Å². The van der Waals surface area contributed by atoms with Gasteiger partial charge in [0.05, 0.1) is 46.9 Å². The molecule has 764 valence electrons. The molecule has 5 atom stereocenters. The van der Waals surface area contributed by atoms with Crippen LogP contribution in [-0.2, 0) is 81.6 Å². The van der Waals surface area contributed by atoms with E-state index in [1.165, 1.54) is 108 Å². The number of pyridine rings is 2. The zero-order valence-corrected chi connectivity index (χ0v) is 84.1. The molecule has 14 aromatic rings. The summed E-state index contributed by atoms with van der Waals surface area (Å²) in [5.74, 6) is -2.18. The molecular weight excluding hydrogens is 1990 g/mol. The summed E-state index contributed by atoms with van der Waals surface area (Å²) in [5, 5.41) is 73.2. The van der Waals surface area contributed by atoms with Gasteiger partial charge in [0.25, 0.3) is 0 Å². The van der Waals surface area contributed by atoms with Crippen LogP contribution in [0.25, 0.3) is 47.1 Å². The standard InChI is InChI=1S/C27H23ClN6O4.C27H23ClN6O3.C27H28ClN5O4.C26H27ClN6O3.H2O/c1-18(35)21-6-4-19(5-7-21)14-26(36)24(13-20-3-2-12-33(38)16-20)30-27(37)11-8-22-15-23(28)9-10-25(22)34-17-29-31-32-34;1-18(35)21-4-2-19(3-5-21)15-26(36)24(14-20-10-12-29-13-11-20)31-27(37)9-6-22-16-23(28)7-8-25(22)34-17-30-32-33-34;1-18(34)21-4-2-19(3-5-21)15-26(35)24(14-20-10-12-37-13-11-20)30-27(36)9-6-22-16-23(28)7-8-25(22)33-17-29-31-32-33;1-17(34)19-6-4-18(5-7-19)13-25(35)23(15-22-3-2-12-28-22)30-26(36)11-8-20-14-21(27)9-10-24(20)33-16-29-31-32-33;/h2-12,15-17,24H,13-14H2,1H3,(H,30,37);2-13,16-17,24H,14-15H2,1H3,(H,31,37);2-9,16-17,20,24H,10-15H2,1H3,(H,30,36);4-11,14,16,22-23,28H,2-3,12-13,15H2,1H3,(H,30,36);1H2/b11-8+;2*9-6+;11-8+;/t3*24-;22-,23-;/m0000./s1. The lowest BCUT2D eigenvalue weighted by Crippen LogP contribution is -2.44. The summed E-state index contributed by atoms with van der Waals surface area (Å²) in [6.07, 6.45) is 29.4. The van der Waals surface area contributed by atoms with Crippen LogP contribution in [0, 0.1) is 11.1 Å². The highest BCUT2D eigenvalue weighted by Crippen LogP contribution is 2.28. The molecule has 0 radical (unpaired) electrons. The number of aromatic nitrogens is 18. The maximum absolute atomic E-state index is 13.3. The van der Waals surface area contributed by atoms with Gasteiger partial charge in [-0.25, -0.2) is 4.98 Å². The number of ether oxygens (including phenoxy) is 1. The molecular formula is C107H103Cl4N23O15. The summed E-state index contributed by atoms with van der Waals surface area (Å²) in [6.45, 7) is 8.18. The van der Waals surface area contributed by atoms with Gasteiger partial charge in [0, 0.05) is 170 Å². The van der Waals surface area contributed by atoms with Gasteiger partial charge in [0.1, 0.15) is 25.3 Å². The molecule has 4 amide bonds. The molecule has 8 heterocycles. The number of hydrogen-bond donors (Lipinski definition) is 5. The number of amides is 4. The molecule has 7 N–H and O–H groups in total. The first-order chi connectivity index (χ1) is 71.4. The minimum Gasteiger partial charge on any atom is -0.870 e. The van der Waals surface area contributed by atoms with Crippen LogP contribution in [0.15, 0.2) is 269 Å². The average Bonchev–Trinajstić information content (AvgIpc) is 1.80. The van der Waals surface area contributed by atoms with Crippen LogP contribution >= 0.6 is 46.4 Å². The fourth-order valence-corrected chi connectivity index (χ4v) is 16.8. The highest BCUT2D eigenvalue weighted by molar-refractivity contribution is 6.32. The molecule has 6 aromatic heterocycles. The van der Waals surface area contributed by atoms with Crippen LogP contribution in [-0.4, -0.2) is 206 Å². The Morgan fingerprint density at radius 3 is 1.01 bits per heavy atom. The van der Waals surface area contributed by atoms with E-state index in [9.17, 15) is 62.7 Å². The first kappa shape index (κ1) is 111. The molecule has 0 bridgehead atoms. The predicted molar refractivity (Wildman–Crippen MR) is 553 cm³/mol. The van der Waals surface area contributed by atoms with Crippen LogP contribution in [0.4, 0.5) is 0 Å². The number of Topliss-reactive ketones (excluding diaryl/α,β-unsaturated/α-hetero) is 8. The SMILES string of the molecule is CC(=O)c1ccc(CC(=O)[C@H](CC2CCOCC2)NC(=O)/C=C/c2cc(Cl)ccc2-n2cnnn2)cc1.CC(=O)c1ccc(CC(=O)[C@H](C[C@@H]2CCCN2)NC(=O)/C=C/c2cc(Cl)ccc2-n2cnnn2)cc1.CC(=O)c1ccc(CC(=O)[C@H](Cc2cc[nH+]cc2)NC(=O)/C=C/c2cc(Cl)ccc2-n2cnnn2)cc1.CC(=O)c1ccc(CC(=O)[C@H](Cc2ccc[n+]([O-])c2)NC(=O)/C=C/c2cc(Cl)ccc2-n2cnnn2)cc1.[OH-]. The number of rotatable bonds is 40. The van der Waals surface area contributed by atoms with Crippen molar-refractivity contribution >= 4 is 141 Å². The molecule has 0 spiro atoms. The highest BCUT2D eigenvalue weighted by Gasteiger charge is 2.30. The molecule has 2 aliphatic heterocycles. The van der Waals surface area contributed by atoms with Crippen LogP contribution in [0.5, 0.6) is 0 Å². The second-order valence-electron chi connectivity index (χ2n) is 34.7. The molecule has 0 saturated carbocycles. The third-order valence-corrected chi connectivity index (χ3v) is 24.8. The van der Waals surface area contributed by atoms with Crippen LogP contribution < -0.4 is 36.3 Å². The minimum absolute atomic E-state index is 0. The summed E-state index contributed by atoms with van der Waals surface area (Å²) in [6, 6.07) is 52.4. The van der Waals surface area contributed by atoms with E-state index in [0.717, 1.165) is 54.5 Å². The number of nitrogens with zero attached hydrogens (tertiary/aromatic N) is 17. The molecule has 0 unspecified atom stereocenters. The van der Waals surface area contributed by atoms with E-state index in [2.05, 4.69) is 93.7 Å². The van der Waals surface area contributed by atoms with Gasteiger partial charge in [-0.15, -0.1) is 20.4 Å². The maximum Gasteiger partial charge on any atom is 0.244 e. The second kappa shape index (κ2) is 55.6. The van der Waals surface area contributed by atoms with E-state index in [4.69, 9.17) is 51.1 Å². The van der Waals surface area contributed by atoms with Crippen molar-refractivity contribution in [3.63, 3.8) is 0 Å². The average molecular weight is 2090 g/mol. The molecule has 8 aromatic carbocycles. The zero-order valence-electron chi connectivity index (χ0n) is 81.1. The number of carbonyl (C=O) groups excluding carboxylic acids is 12. The lowest BCUT2D eigenvalue weighted by molar-refractivity contribution is -0.605. The topological polar surface area (TPSA) is 520 Å². The zero-order chi connectivity index (χ0) is 105. The lowest BCUT2D eigenvalue weighted by Gasteiger charge is -2.26. The van der Waals surface area contributed by atoms with Crippen LogP contribution in [0.2, 0.25) is 20.1 Å². The number of carbonyl (C=O) groups is 12. The van der Waals surface area contributed by atoms with Gasteiger partial charge in [-0.3, -0.25) is 57.5 Å². The molecule has 2 aliphatic rings. The van der Waals surface area contributed by atoms with Crippen molar-refractivity contribution in [2.45, 2.75) is 135 Å². The number of H-pyrrole nitrogens is 1. The van der Waals surface area contributed by atoms with Crippen molar-refractivity contribution in [3.8, 4) is 22.7 Å². The Kier molecular flexibility index (Phi) is 41.5. The summed E-state index contributed by atoms with van der Waals surface area (Å²) >= 11 is 24.6. The summed E-state index contributed by atoms with van der Waals surface area (Å²) in [7, 11) is 0. The summed E-state index contributed by atoms with van der Waals surface area (Å²) in [4.78, 5) is 154. The lowest BCUT2D eigenvalue weighted by atomic mass is 9.89. The molecule has 38 nitrogen and oxygen atoms in total. The van der Waals surface area contributed by atoms with E-state index < -0.39 is 36.0 Å². The van der Waals surface area contributed by atoms with Crippen molar-refractivity contribution in [2.75, 3.05) is 19.8 Å². The van der Waals surface area contributed by atoms with Crippen molar-refractivity contribution in [3.05, 3.63) is 372 Å². The summed E-state index contributed by atoms with van der Waals surface area (Å²) < 4.78 is 11.9. The minimum atomic E-state index is -0.902. The third-order valence-electron chi connectivity index (χ3n) is 23.9. The first-order valence-corrected chi connectivity index (χ1v) is 48.5. The van der Waals surface area contributed by atoms with E-state index in [1.54, 1.807) is 219 Å². The van der Waals surface area contributed by atoms with Crippen molar-refractivity contribution < 1.29 is 77.5 Å². The fraction of sp³-hybridized carbons (Fsp3) is 0.234. The predicted octanol–water partition coefficient (Wildman–Crippen LogP) is 12.0. The Morgan fingerprint density at radius 2 is 0.711 bits per heavy atom. The van der Waals surface area contributed by atoms with Gasteiger partial charge in [-0.05, 0) is 251 Å². The number of ketones is 8. The van der Waals surface area contributed by atoms with E-state index >= 15 is 0 Å². The number of nitrogens with one attached hydrogen (secondary N) is 6. The Labute approximate surface area is 875 Å². The van der Waals surface area contributed by atoms with Crippen molar-refractivity contribution in [1.29, 1.82) is 0 Å². The van der Waals surface area contributed by atoms with Crippen molar-refractivity contribution in [1.82, 2.24) is 107 Å². The maximum atomic E-state index is 13.3. The first-order valence-electron chi connectivity index (χ1n) is 46.9. The number of tetrazole rings is 4. The summed E-state index contributed by atoms with van der Waals surface area (Å²) in [5.41, 5.74) is 11.9. The normalized spacial score (nSPS) is 13.6. The van der Waals surface area contributed by atoms with Crippen LogP contribution in [0.1, 0.15) is 163 Å². The van der Waals surface area contributed by atoms with Gasteiger partial charge in [0.2, 0.25) is 23.6 Å². The fourth-order valence-electron chi connectivity index (χ4n) is 16.1. The number of aromatic amines is 1. The Balaban J connectivity index is 0.000000176. The Morgan fingerprint density at radius 1 is 0.403 bits per heavy atom. The van der Waals surface area contributed by atoms with Gasteiger partial charge in [-0.1, -0.05) is 143 Å². The van der Waals surface area contributed by atoms with Crippen molar-refractivity contribution in [2.24, 2.45) is 5.92 Å². The van der Waals surface area contributed by atoms with Gasteiger partial charge < -0.3 is 42.0 Å². The molecule has 16 rings (SSSR count). The molecule has 2 fully saturated rings. The monoisotopic (exact) mass is 2090 g/mol. The second-order valence-corrected chi connectivity index (χ2v) is 36.4. The highest BCUT2D eigenvalue weighted by atomic mass is 35.5. The Bertz CT molecular complexity index is 7120. The molecule has 149 heavy (non-hydrogen) atoms. The molecule has 42 heteroatoms. The third kappa shape index (κ3) is 34.5. The molecule has 0 aliphatic carbocycles. The van der Waals surface area contributed by atoms with Gasteiger partial charge in [0.15, 0.2) is 71.1 Å². The molecule has 2 saturated heterocycles. The van der Waals surface area contributed by atoms with Gasteiger partial charge >= 0.3 is 0 Å². The largest absolute Gasteiger partial charge is 0.870 e. The van der Waals surface area contributed by atoms with Gasteiger partial charge in [-0.2, -0.15) is 23.5 Å². The number of hydrogen-bond acceptors (Lipinski definition) is 28. The Hall–Kier alpha value is -16.6. The van der Waals surface area contributed by atoms with E-state index in [1.807, 2.05) is 12.1 Å². The smallest absolute Gasteiger partial charge is 0.244 e. The van der Waals surface area contributed by atoms with Crippen LogP contribution in [0.3, 0.4) is 0 Å². The number of benzene rings is 8. The number of halogens is 4.